The molecular weight excluding hydrogens is 210 g/mol. The predicted octanol–water partition coefficient (Wildman–Crippen LogP) is 3.36. The van der Waals surface area contributed by atoms with E-state index in [1.165, 1.54) is 5.56 Å². The first-order chi connectivity index (χ1) is 8.22. The van der Waals surface area contributed by atoms with Crippen molar-refractivity contribution in [1.29, 1.82) is 0 Å². The van der Waals surface area contributed by atoms with Gasteiger partial charge in [-0.05, 0) is 34.7 Å². The summed E-state index contributed by atoms with van der Waals surface area (Å²) < 4.78 is 0. The van der Waals surface area contributed by atoms with E-state index in [9.17, 15) is 5.11 Å². The van der Waals surface area contributed by atoms with Crippen molar-refractivity contribution < 1.29 is 5.11 Å². The molecule has 0 unspecified atom stereocenters. The third kappa shape index (κ3) is 2.53. The third-order valence-corrected chi connectivity index (χ3v) is 2.90. The summed E-state index contributed by atoms with van der Waals surface area (Å²) in [5.41, 5.74) is 4.49. The first-order valence-electron chi connectivity index (χ1n) is 5.86. The Morgan fingerprint density at radius 3 is 2.76 bits per heavy atom. The Balaban J connectivity index is 2.52. The number of benzene rings is 1. The van der Waals surface area contributed by atoms with Gasteiger partial charge in [0.15, 0.2) is 0 Å². The van der Waals surface area contributed by atoms with Crippen LogP contribution in [0.1, 0.15) is 30.9 Å². The van der Waals surface area contributed by atoms with Gasteiger partial charge in [0.25, 0.3) is 0 Å². The highest BCUT2D eigenvalue weighted by Crippen LogP contribution is 2.28. The van der Waals surface area contributed by atoms with Crippen LogP contribution in [-0.2, 0) is 6.61 Å². The molecule has 0 aliphatic rings. The summed E-state index contributed by atoms with van der Waals surface area (Å²) in [5, 5.41) is 9.17. The van der Waals surface area contributed by atoms with E-state index in [2.05, 4.69) is 31.0 Å². The van der Waals surface area contributed by atoms with Crippen LogP contribution in [0, 0.1) is 0 Å². The van der Waals surface area contributed by atoms with E-state index in [1.54, 1.807) is 0 Å². The fraction of sp³-hybridized carbons (Fsp3) is 0.267. The number of pyridine rings is 1. The van der Waals surface area contributed by atoms with E-state index in [1.807, 2.05) is 30.6 Å². The summed E-state index contributed by atoms with van der Waals surface area (Å²) in [6.07, 6.45) is 3.72. The van der Waals surface area contributed by atoms with Crippen LogP contribution in [0.3, 0.4) is 0 Å². The Morgan fingerprint density at radius 1 is 1.24 bits per heavy atom. The van der Waals surface area contributed by atoms with E-state index in [0.29, 0.717) is 5.92 Å². The maximum Gasteiger partial charge on any atom is 0.0682 e. The van der Waals surface area contributed by atoms with Crippen LogP contribution in [0.4, 0.5) is 0 Å². The molecule has 1 heterocycles. The van der Waals surface area contributed by atoms with Gasteiger partial charge in [0, 0.05) is 18.0 Å². The molecule has 1 N–H and O–H groups in total. The normalized spacial score (nSPS) is 10.8. The van der Waals surface area contributed by atoms with E-state index in [0.717, 1.165) is 16.7 Å². The van der Waals surface area contributed by atoms with Crippen molar-refractivity contribution in [3.05, 3.63) is 53.9 Å². The molecule has 0 amide bonds. The summed E-state index contributed by atoms with van der Waals surface area (Å²) in [5.74, 6) is 0.464. The number of nitrogens with zero attached hydrogens (tertiary/aromatic N) is 1. The molecule has 2 rings (SSSR count). The van der Waals surface area contributed by atoms with E-state index >= 15 is 0 Å². The highest BCUT2D eigenvalue weighted by atomic mass is 16.3. The first-order valence-corrected chi connectivity index (χ1v) is 5.86. The number of aliphatic hydroxyl groups excluding tert-OH is 1. The Morgan fingerprint density at radius 2 is 2.06 bits per heavy atom. The molecule has 0 radical (unpaired) electrons. The molecule has 2 aromatic rings. The minimum atomic E-state index is 0.0745. The Kier molecular flexibility index (Phi) is 3.55. The summed E-state index contributed by atoms with van der Waals surface area (Å²) in [7, 11) is 0. The molecule has 1 aromatic heterocycles. The van der Waals surface area contributed by atoms with Crippen molar-refractivity contribution in [2.24, 2.45) is 0 Å². The van der Waals surface area contributed by atoms with Gasteiger partial charge in [0.2, 0.25) is 0 Å². The fourth-order valence-electron chi connectivity index (χ4n) is 1.99. The standard InChI is InChI=1S/C15H17NO/c1-11(2)14-6-7-16-9-15(14)13-5-3-4-12(8-13)10-17/h3-9,11,17H,10H2,1-2H3. The molecule has 0 fully saturated rings. The van der Waals surface area contributed by atoms with Crippen molar-refractivity contribution >= 4 is 0 Å². The lowest BCUT2D eigenvalue weighted by Crippen LogP contribution is -1.94. The zero-order valence-corrected chi connectivity index (χ0v) is 10.2. The molecule has 0 aliphatic carbocycles. The largest absolute Gasteiger partial charge is 0.392 e. The molecule has 0 bridgehead atoms. The lowest BCUT2D eigenvalue weighted by molar-refractivity contribution is 0.282. The second kappa shape index (κ2) is 5.11. The first kappa shape index (κ1) is 11.8. The minimum Gasteiger partial charge on any atom is -0.392 e. The molecule has 0 saturated carbocycles. The number of hydrogen-bond donors (Lipinski definition) is 1. The second-order valence-corrected chi connectivity index (χ2v) is 4.48. The van der Waals surface area contributed by atoms with Crippen molar-refractivity contribution in [1.82, 2.24) is 4.98 Å². The Labute approximate surface area is 102 Å². The van der Waals surface area contributed by atoms with Crippen LogP contribution >= 0.6 is 0 Å². The Bertz CT molecular complexity index is 506. The number of rotatable bonds is 3. The molecule has 0 saturated heterocycles. The number of aromatic nitrogens is 1. The smallest absolute Gasteiger partial charge is 0.0682 e. The average Bonchev–Trinajstić information content (AvgIpc) is 2.39. The van der Waals surface area contributed by atoms with Gasteiger partial charge in [0.05, 0.1) is 6.61 Å². The SMILES string of the molecule is CC(C)c1ccncc1-c1cccc(CO)c1. The molecule has 2 nitrogen and oxygen atoms in total. The van der Waals surface area contributed by atoms with Crippen LogP contribution in [0.5, 0.6) is 0 Å². The molecule has 0 atom stereocenters. The zero-order valence-electron chi connectivity index (χ0n) is 10.2. The Hall–Kier alpha value is -1.67. The van der Waals surface area contributed by atoms with Crippen LogP contribution < -0.4 is 0 Å². The lowest BCUT2D eigenvalue weighted by atomic mass is 9.94. The van der Waals surface area contributed by atoms with Gasteiger partial charge in [-0.3, -0.25) is 4.98 Å². The average molecular weight is 227 g/mol. The molecule has 0 spiro atoms. The van der Waals surface area contributed by atoms with Crippen LogP contribution in [0.15, 0.2) is 42.7 Å². The van der Waals surface area contributed by atoms with Crippen molar-refractivity contribution in [3.8, 4) is 11.1 Å². The van der Waals surface area contributed by atoms with E-state index < -0.39 is 0 Å². The van der Waals surface area contributed by atoms with Gasteiger partial charge in [-0.25, -0.2) is 0 Å². The molecule has 1 aromatic carbocycles. The lowest BCUT2D eigenvalue weighted by Gasteiger charge is -2.12. The predicted molar refractivity (Wildman–Crippen MR) is 69.7 cm³/mol. The van der Waals surface area contributed by atoms with E-state index in [4.69, 9.17) is 0 Å². The van der Waals surface area contributed by atoms with Gasteiger partial charge in [0.1, 0.15) is 0 Å². The molecular formula is C15H17NO. The van der Waals surface area contributed by atoms with Gasteiger partial charge >= 0.3 is 0 Å². The number of aliphatic hydroxyl groups is 1. The molecule has 2 heteroatoms. The topological polar surface area (TPSA) is 33.1 Å². The second-order valence-electron chi connectivity index (χ2n) is 4.48. The number of hydrogen-bond acceptors (Lipinski definition) is 2. The van der Waals surface area contributed by atoms with Gasteiger partial charge in [-0.15, -0.1) is 0 Å². The maximum absolute atomic E-state index is 9.17. The van der Waals surface area contributed by atoms with Gasteiger partial charge in [-0.1, -0.05) is 32.0 Å². The van der Waals surface area contributed by atoms with Crippen LogP contribution in [0.2, 0.25) is 0 Å². The third-order valence-electron chi connectivity index (χ3n) is 2.90. The highest BCUT2D eigenvalue weighted by molar-refractivity contribution is 5.67. The fourth-order valence-corrected chi connectivity index (χ4v) is 1.99. The van der Waals surface area contributed by atoms with Crippen LogP contribution in [-0.4, -0.2) is 10.1 Å². The quantitative estimate of drug-likeness (QED) is 0.872. The van der Waals surface area contributed by atoms with Crippen molar-refractivity contribution in [2.75, 3.05) is 0 Å². The monoisotopic (exact) mass is 227 g/mol. The molecule has 0 aliphatic heterocycles. The van der Waals surface area contributed by atoms with Crippen LogP contribution in [0.25, 0.3) is 11.1 Å². The van der Waals surface area contributed by atoms with Crippen molar-refractivity contribution in [3.63, 3.8) is 0 Å². The summed E-state index contributed by atoms with van der Waals surface area (Å²) in [6, 6.07) is 10.0. The van der Waals surface area contributed by atoms with Gasteiger partial charge < -0.3 is 5.11 Å². The molecule has 88 valence electrons. The van der Waals surface area contributed by atoms with E-state index in [-0.39, 0.29) is 6.61 Å². The van der Waals surface area contributed by atoms with Gasteiger partial charge in [-0.2, -0.15) is 0 Å². The highest BCUT2D eigenvalue weighted by Gasteiger charge is 2.08. The maximum atomic E-state index is 9.17. The zero-order chi connectivity index (χ0) is 12.3. The minimum absolute atomic E-state index is 0.0745. The molecule has 17 heavy (non-hydrogen) atoms. The summed E-state index contributed by atoms with van der Waals surface area (Å²) in [4.78, 5) is 4.20. The summed E-state index contributed by atoms with van der Waals surface area (Å²) >= 11 is 0. The van der Waals surface area contributed by atoms with Crippen molar-refractivity contribution in [2.45, 2.75) is 26.4 Å². The summed E-state index contributed by atoms with van der Waals surface area (Å²) in [6.45, 7) is 4.43.